The standard InChI is InChI=1S/C53H59N7O16.8H2/c1-5-6-7-8-21-76-36-19-15-32(16-20-36)31-11-13-33(14-12-31)46(68)54-37-24-41(66)51(75-4)58-50(72)44-45(67)28(2)25-60(44)52(73)38(27-61)55-49(71)43(40(65)22-30-9-17-34(63)18-10-30)57-48(70)39-23-35(64)26-59(39)53(74)42(29(3)62)56-47(37)69;;;;;;;;/h1,9-20,28-29,35,37-45,51,61-67H,22-27H2,2-4H3,(H,54,68)(H,55,71)(H,56,69)(H,57,70)(H,58,72);8*1H/t28-,29+,35+,37-,38-,39-,40+,41?,42-,43-,44-,45-,51?;;;;;;;;/m0......../s1. The fraction of sp³-hybridized carbons (Fsp3) is 0.415. The van der Waals surface area contributed by atoms with Crippen LogP contribution in [-0.4, -0.2) is 187 Å². The number of aromatic hydroxyl groups is 1. The molecule has 3 heterocycles. The number of phenolic OH excluding ortho intramolecular Hbond substituents is 1. The van der Waals surface area contributed by atoms with Crippen LogP contribution < -0.4 is 31.3 Å². The maximum Gasteiger partial charge on any atom is 0.251 e. The smallest absolute Gasteiger partial charge is 0.251 e. The van der Waals surface area contributed by atoms with Gasteiger partial charge in [-0.05, 0) is 71.9 Å². The number of aliphatic hydroxyl groups excluding tert-OH is 6. The van der Waals surface area contributed by atoms with E-state index in [2.05, 4.69) is 56.4 Å². The third-order valence-corrected chi connectivity index (χ3v) is 13.1. The van der Waals surface area contributed by atoms with Crippen LogP contribution in [-0.2, 0) is 39.9 Å². The van der Waals surface area contributed by atoms with Crippen LogP contribution in [0.2, 0.25) is 0 Å². The number of ether oxygens (including phenoxy) is 2. The van der Waals surface area contributed by atoms with Crippen LogP contribution in [0.15, 0.2) is 72.8 Å². The van der Waals surface area contributed by atoms with E-state index < -0.39 is 146 Å². The Hall–Kier alpha value is -8.05. The van der Waals surface area contributed by atoms with E-state index in [9.17, 15) is 69.3 Å². The van der Waals surface area contributed by atoms with E-state index in [-0.39, 0.29) is 35.7 Å². The van der Waals surface area contributed by atoms with Crippen LogP contribution >= 0.6 is 0 Å². The summed E-state index contributed by atoms with van der Waals surface area (Å²) >= 11 is 0. The molecule has 7 amide bonds. The number of methoxy groups -OCH3 is 1. The van der Waals surface area contributed by atoms with Crippen LogP contribution in [0.25, 0.3) is 11.1 Å². The number of terminal acetylenes is 1. The van der Waals surface area contributed by atoms with Gasteiger partial charge in [-0.3, -0.25) is 33.6 Å². The first-order chi connectivity index (χ1) is 36.2. The van der Waals surface area contributed by atoms with Gasteiger partial charge in [-0.25, -0.2) is 0 Å². The number of nitrogens with zero attached hydrogens (tertiary/aromatic N) is 2. The number of nitrogens with one attached hydrogen (secondary N) is 5. The highest BCUT2D eigenvalue weighted by Gasteiger charge is 2.49. The number of fused-ring (bicyclic) bond motifs is 2. The van der Waals surface area contributed by atoms with Crippen molar-refractivity contribution in [2.75, 3.05) is 26.8 Å². The minimum atomic E-state index is -1.95. The molecule has 2 unspecified atom stereocenters. The molecule has 0 radical (unpaired) electrons. The van der Waals surface area contributed by atoms with Gasteiger partial charge in [-0.15, -0.1) is 6.42 Å². The zero-order chi connectivity index (χ0) is 55.4. The minimum Gasteiger partial charge on any atom is -0.508 e. The summed E-state index contributed by atoms with van der Waals surface area (Å²) in [7, 11) is 1.08. The zero-order valence-corrected chi connectivity index (χ0v) is 41.5. The van der Waals surface area contributed by atoms with Crippen molar-refractivity contribution in [3.8, 4) is 58.8 Å². The van der Waals surface area contributed by atoms with Gasteiger partial charge >= 0.3 is 0 Å². The molecule has 0 spiro atoms. The van der Waals surface area contributed by atoms with E-state index in [1.165, 1.54) is 43.3 Å². The lowest BCUT2D eigenvalue weighted by Crippen LogP contribution is -2.63. The summed E-state index contributed by atoms with van der Waals surface area (Å²) in [6.45, 7) is 0.757. The molecule has 3 aliphatic rings. The molecule has 13 atom stereocenters. The van der Waals surface area contributed by atoms with Gasteiger partial charge in [0.05, 0.1) is 31.0 Å². The normalized spacial score (nSPS) is 27.4. The van der Waals surface area contributed by atoms with Crippen molar-refractivity contribution in [3.05, 3.63) is 83.9 Å². The van der Waals surface area contributed by atoms with Crippen molar-refractivity contribution in [2.24, 2.45) is 5.92 Å². The Balaban J connectivity index is -0.00000820. The van der Waals surface area contributed by atoms with E-state index >= 15 is 0 Å². The van der Waals surface area contributed by atoms with E-state index in [1.54, 1.807) is 36.4 Å². The number of hydrogen-bond acceptors (Lipinski definition) is 16. The fourth-order valence-corrected chi connectivity index (χ4v) is 8.99. The van der Waals surface area contributed by atoms with Crippen molar-refractivity contribution in [1.29, 1.82) is 0 Å². The van der Waals surface area contributed by atoms with Crippen LogP contribution in [0.5, 0.6) is 11.5 Å². The topological polar surface area (TPSA) is 346 Å². The highest BCUT2D eigenvalue weighted by molar-refractivity contribution is 6.00. The summed E-state index contributed by atoms with van der Waals surface area (Å²) in [5, 5.41) is 88.7. The maximum absolute atomic E-state index is 14.4. The second kappa shape index (κ2) is 25.9. The molecule has 3 aromatic rings. The van der Waals surface area contributed by atoms with Crippen LogP contribution in [0.3, 0.4) is 0 Å². The summed E-state index contributed by atoms with van der Waals surface area (Å²) < 4.78 is 10.7. The predicted octanol–water partition coefficient (Wildman–Crippen LogP) is -1.44. The number of rotatable bonds is 10. The lowest BCUT2D eigenvalue weighted by Gasteiger charge is -2.32. The van der Waals surface area contributed by atoms with Gasteiger partial charge in [0.15, 0.2) is 6.23 Å². The quantitative estimate of drug-likeness (QED) is 0.103. The highest BCUT2D eigenvalue weighted by atomic mass is 16.5. The molecule has 76 heavy (non-hydrogen) atoms. The Bertz CT molecular complexity index is 2820. The minimum absolute atomic E-state index is 0. The van der Waals surface area contributed by atoms with Gasteiger partial charge in [0.1, 0.15) is 60.0 Å². The maximum atomic E-state index is 14.4. The molecule has 23 heteroatoms. The summed E-state index contributed by atoms with van der Waals surface area (Å²) in [6.07, 6.45) is -4.09. The Morgan fingerprint density at radius 3 is 2.05 bits per heavy atom. The van der Waals surface area contributed by atoms with Crippen LogP contribution in [0.1, 0.15) is 54.0 Å². The van der Waals surface area contributed by atoms with E-state index in [4.69, 9.17) is 15.9 Å². The van der Waals surface area contributed by atoms with Gasteiger partial charge in [0.25, 0.3) is 5.91 Å². The third-order valence-electron chi connectivity index (χ3n) is 13.1. The lowest BCUT2D eigenvalue weighted by atomic mass is 10.00. The first-order valence-corrected chi connectivity index (χ1v) is 24.0. The Kier molecular flexibility index (Phi) is 19.5. The average Bonchev–Trinajstić information content (AvgIpc) is 3.95. The SMILES string of the molecule is C#CC#CC#COc1ccc(-c2ccc(C(=O)N[C@H]3CC(O)C(OC)NC(=O)[C@@H]4[C@@H](O)[C@@H](C)CN4C(=O)[C@H](CO)NC(=O)[C@H]([C@H](O)Cc4ccc(O)cc4)NC(=O)[C@@H]4C[C@@H](O)CN4C(=O)[C@H]([C@@H](C)O)NC3=O)cc2)cc1.[HH].[HH].[HH].[HH].[HH].[HH].[HH].[HH]. The molecular formula is C53H75N7O16. The van der Waals surface area contributed by atoms with Crippen LogP contribution in [0, 0.1) is 42.1 Å². The zero-order valence-electron chi connectivity index (χ0n) is 41.5. The molecule has 0 aliphatic carbocycles. The number of phenols is 1. The first-order valence-electron chi connectivity index (χ1n) is 24.0. The molecule has 3 aliphatic heterocycles. The third kappa shape index (κ3) is 14.0. The molecule has 418 valence electrons. The number of benzene rings is 3. The van der Waals surface area contributed by atoms with Gasteiger partial charge < -0.3 is 81.6 Å². The first kappa shape index (κ1) is 57.2. The number of hydrogen-bond donors (Lipinski definition) is 12. The summed E-state index contributed by atoms with van der Waals surface area (Å²) in [5.74, 6) is 1.22. The van der Waals surface area contributed by atoms with Gasteiger partial charge in [0.2, 0.25) is 35.4 Å². The van der Waals surface area contributed by atoms with Crippen molar-refractivity contribution >= 4 is 41.4 Å². The summed E-state index contributed by atoms with van der Waals surface area (Å²) in [5.41, 5.74) is 1.77. The average molecular weight is 1070 g/mol. The molecule has 3 fully saturated rings. The second-order valence-corrected chi connectivity index (χ2v) is 18.5. The monoisotopic (exact) mass is 1070 g/mol. The molecule has 0 aromatic heterocycles. The Morgan fingerprint density at radius 1 is 0.789 bits per heavy atom. The fourth-order valence-electron chi connectivity index (χ4n) is 8.99. The van der Waals surface area contributed by atoms with E-state index in [1.807, 2.05) is 0 Å². The molecule has 23 nitrogen and oxygen atoms in total. The summed E-state index contributed by atoms with van der Waals surface area (Å²) in [4.78, 5) is 101. The molecule has 3 aromatic carbocycles. The largest absolute Gasteiger partial charge is 0.508 e. The molecule has 6 rings (SSSR count). The van der Waals surface area contributed by atoms with Crippen LogP contribution in [0.4, 0.5) is 0 Å². The van der Waals surface area contributed by atoms with E-state index in [0.717, 1.165) is 23.8 Å². The number of aliphatic hydroxyl groups is 6. The molecule has 0 bridgehead atoms. The highest BCUT2D eigenvalue weighted by Crippen LogP contribution is 2.27. The predicted molar refractivity (Wildman–Crippen MR) is 284 cm³/mol. The van der Waals surface area contributed by atoms with Gasteiger partial charge in [0, 0.05) is 74.2 Å². The molecular weight excluding hydrogens is 991 g/mol. The lowest BCUT2D eigenvalue weighted by molar-refractivity contribution is -0.147. The van der Waals surface area contributed by atoms with Crippen molar-refractivity contribution in [3.63, 3.8) is 0 Å². The van der Waals surface area contributed by atoms with E-state index in [0.29, 0.717) is 22.4 Å². The number of amides is 7. The van der Waals surface area contributed by atoms with Crippen molar-refractivity contribution < 1.29 is 90.2 Å². The molecule has 3 saturated heterocycles. The van der Waals surface area contributed by atoms with Crippen molar-refractivity contribution in [1.82, 2.24) is 36.4 Å². The summed E-state index contributed by atoms with van der Waals surface area (Å²) in [6, 6.07) is 7.50. The Labute approximate surface area is 448 Å². The molecule has 12 N–H and O–H groups in total. The van der Waals surface area contributed by atoms with Gasteiger partial charge in [-0.2, -0.15) is 0 Å². The number of carbonyl (C=O) groups excluding carboxylic acids is 7. The van der Waals surface area contributed by atoms with Crippen molar-refractivity contribution in [2.45, 2.75) is 106 Å². The number of carbonyl (C=O) groups is 7. The molecule has 0 saturated carbocycles. The Morgan fingerprint density at radius 2 is 1.43 bits per heavy atom. The van der Waals surface area contributed by atoms with Gasteiger partial charge in [-0.1, -0.05) is 43.3 Å². The second-order valence-electron chi connectivity index (χ2n) is 18.5.